The normalized spacial score (nSPS) is 11.4. The van der Waals surface area contributed by atoms with E-state index in [2.05, 4.69) is 24.3 Å². The van der Waals surface area contributed by atoms with E-state index in [1.165, 1.54) is 11.8 Å². The predicted octanol–water partition coefficient (Wildman–Crippen LogP) is 4.83. The molecule has 1 amide bonds. The summed E-state index contributed by atoms with van der Waals surface area (Å²) in [6.45, 7) is 3.65. The number of thioether (sulfide) groups is 1. The van der Waals surface area contributed by atoms with Crippen molar-refractivity contribution in [2.24, 2.45) is 5.73 Å². The van der Waals surface area contributed by atoms with Gasteiger partial charge >= 0.3 is 0 Å². The van der Waals surface area contributed by atoms with Crippen molar-refractivity contribution in [3.05, 3.63) is 60.7 Å². The molecular weight excluding hydrogens is 336 g/mol. The highest BCUT2D eigenvalue weighted by atomic mass is 32.2. The van der Waals surface area contributed by atoms with Gasteiger partial charge in [0.25, 0.3) is 0 Å². The van der Waals surface area contributed by atoms with Crippen LogP contribution in [-0.2, 0) is 4.79 Å². The van der Waals surface area contributed by atoms with E-state index < -0.39 is 4.75 Å². The molecule has 1 heterocycles. The zero-order valence-corrected chi connectivity index (χ0v) is 15.2. The van der Waals surface area contributed by atoms with Crippen LogP contribution >= 0.6 is 23.1 Å². The Hall–Kier alpha value is -2.11. The van der Waals surface area contributed by atoms with Gasteiger partial charge in [-0.2, -0.15) is 0 Å². The summed E-state index contributed by atoms with van der Waals surface area (Å²) in [6, 6.07) is 20.3. The lowest BCUT2D eigenvalue weighted by atomic mass is 10.1. The maximum atomic E-state index is 11.6. The van der Waals surface area contributed by atoms with Gasteiger partial charge < -0.3 is 5.73 Å². The molecule has 0 aliphatic carbocycles. The molecule has 3 nitrogen and oxygen atoms in total. The highest BCUT2D eigenvalue weighted by molar-refractivity contribution is 8.03. The molecule has 3 rings (SSSR count). The van der Waals surface area contributed by atoms with Gasteiger partial charge in [-0.25, -0.2) is 4.98 Å². The van der Waals surface area contributed by atoms with Crippen LogP contribution in [0.1, 0.15) is 13.8 Å². The summed E-state index contributed by atoms with van der Waals surface area (Å²) in [5.41, 5.74) is 8.63. The van der Waals surface area contributed by atoms with E-state index in [4.69, 9.17) is 10.7 Å². The van der Waals surface area contributed by atoms with E-state index in [9.17, 15) is 4.79 Å². The number of thiazole rings is 1. The third kappa shape index (κ3) is 3.52. The van der Waals surface area contributed by atoms with Crippen LogP contribution in [0.5, 0.6) is 0 Å². The summed E-state index contributed by atoms with van der Waals surface area (Å²) in [4.78, 5) is 17.5. The number of hydrogen-bond donors (Lipinski definition) is 1. The number of rotatable bonds is 5. The fraction of sp³-hybridized carbons (Fsp3) is 0.158. The molecule has 122 valence electrons. The summed E-state index contributed by atoms with van der Waals surface area (Å²) in [5, 5.41) is 0. The Morgan fingerprint density at radius 1 is 1.00 bits per heavy atom. The molecular formula is C19H18N2OS2. The average molecular weight is 355 g/mol. The monoisotopic (exact) mass is 354 g/mol. The molecule has 5 heteroatoms. The fourth-order valence-corrected chi connectivity index (χ4v) is 4.73. The molecule has 0 bridgehead atoms. The third-order valence-electron chi connectivity index (χ3n) is 3.63. The first kappa shape index (κ1) is 16.7. The van der Waals surface area contributed by atoms with Gasteiger partial charge in [-0.1, -0.05) is 72.4 Å². The van der Waals surface area contributed by atoms with Crippen molar-refractivity contribution >= 4 is 29.0 Å². The fourth-order valence-electron chi connectivity index (χ4n) is 2.19. The number of benzene rings is 2. The van der Waals surface area contributed by atoms with Gasteiger partial charge in [0.15, 0.2) is 4.34 Å². The topological polar surface area (TPSA) is 56.0 Å². The third-order valence-corrected chi connectivity index (χ3v) is 6.00. The lowest BCUT2D eigenvalue weighted by molar-refractivity contribution is -0.119. The molecule has 1 aromatic heterocycles. The van der Waals surface area contributed by atoms with E-state index in [-0.39, 0.29) is 5.91 Å². The molecule has 0 aliphatic heterocycles. The van der Waals surface area contributed by atoms with Gasteiger partial charge in [0.05, 0.1) is 15.3 Å². The maximum absolute atomic E-state index is 11.6. The molecule has 0 saturated carbocycles. The first-order valence-corrected chi connectivity index (χ1v) is 9.21. The van der Waals surface area contributed by atoms with Crippen molar-refractivity contribution in [1.29, 1.82) is 0 Å². The standard InChI is InChI=1S/C19H18N2OS2/c1-19(2,17(20)22)24-18-21-15(13-9-5-3-6-10-13)16(23-18)14-11-7-4-8-12-14/h3-12H,1-2H3,(H2,20,22). The zero-order chi connectivity index (χ0) is 17.2. The molecule has 24 heavy (non-hydrogen) atoms. The van der Waals surface area contributed by atoms with Crippen LogP contribution in [0.15, 0.2) is 65.0 Å². The lowest BCUT2D eigenvalue weighted by Crippen LogP contribution is -2.34. The molecule has 0 fully saturated rings. The van der Waals surface area contributed by atoms with E-state index >= 15 is 0 Å². The van der Waals surface area contributed by atoms with Gasteiger partial charge in [0.1, 0.15) is 0 Å². The Bertz CT molecular complexity index is 785. The Balaban J connectivity index is 2.08. The number of aromatic nitrogens is 1. The number of amides is 1. The van der Waals surface area contributed by atoms with E-state index in [0.717, 1.165) is 26.0 Å². The van der Waals surface area contributed by atoms with Gasteiger partial charge in [-0.15, -0.1) is 11.3 Å². The Kier molecular flexibility index (Phi) is 4.73. The van der Waals surface area contributed by atoms with E-state index in [1.54, 1.807) is 11.3 Å². The van der Waals surface area contributed by atoms with Crippen LogP contribution in [0.25, 0.3) is 21.7 Å². The van der Waals surface area contributed by atoms with Crippen LogP contribution in [-0.4, -0.2) is 15.6 Å². The van der Waals surface area contributed by atoms with Crippen LogP contribution in [0.3, 0.4) is 0 Å². The number of carbonyl (C=O) groups is 1. The van der Waals surface area contributed by atoms with Crippen molar-refractivity contribution in [3.8, 4) is 21.7 Å². The minimum Gasteiger partial charge on any atom is -0.368 e. The second-order valence-electron chi connectivity index (χ2n) is 5.87. The van der Waals surface area contributed by atoms with Crippen LogP contribution in [0.2, 0.25) is 0 Å². The first-order chi connectivity index (χ1) is 11.5. The Labute approximate surface area is 149 Å². The molecule has 0 atom stereocenters. The molecule has 0 unspecified atom stereocenters. The van der Waals surface area contributed by atoms with Crippen molar-refractivity contribution in [2.45, 2.75) is 22.9 Å². The quantitative estimate of drug-likeness (QED) is 0.668. The highest BCUT2D eigenvalue weighted by Crippen LogP contribution is 2.43. The van der Waals surface area contributed by atoms with Crippen molar-refractivity contribution in [3.63, 3.8) is 0 Å². The van der Waals surface area contributed by atoms with Gasteiger partial charge in [-0.05, 0) is 19.4 Å². The van der Waals surface area contributed by atoms with E-state index in [0.29, 0.717) is 0 Å². The van der Waals surface area contributed by atoms with Gasteiger partial charge in [-0.3, -0.25) is 4.79 Å². The summed E-state index contributed by atoms with van der Waals surface area (Å²) >= 11 is 3.01. The highest BCUT2D eigenvalue weighted by Gasteiger charge is 2.29. The van der Waals surface area contributed by atoms with E-state index in [1.807, 2.05) is 50.2 Å². The van der Waals surface area contributed by atoms with Crippen molar-refractivity contribution in [2.75, 3.05) is 0 Å². The number of carbonyl (C=O) groups excluding carboxylic acids is 1. The van der Waals surface area contributed by atoms with Crippen molar-refractivity contribution in [1.82, 2.24) is 4.98 Å². The number of primary amides is 1. The summed E-state index contributed by atoms with van der Waals surface area (Å²) < 4.78 is 0.149. The Morgan fingerprint density at radius 2 is 1.54 bits per heavy atom. The second-order valence-corrected chi connectivity index (χ2v) is 8.74. The second kappa shape index (κ2) is 6.79. The molecule has 0 aliphatic rings. The molecule has 2 N–H and O–H groups in total. The SMILES string of the molecule is CC(C)(Sc1nc(-c2ccccc2)c(-c2ccccc2)s1)C(N)=O. The minimum absolute atomic E-state index is 0.342. The van der Waals surface area contributed by atoms with Gasteiger partial charge in [0, 0.05) is 5.56 Å². The van der Waals surface area contributed by atoms with Crippen LogP contribution in [0, 0.1) is 0 Å². The molecule has 0 saturated heterocycles. The molecule has 2 aromatic carbocycles. The smallest absolute Gasteiger partial charge is 0.233 e. The minimum atomic E-state index is -0.695. The van der Waals surface area contributed by atoms with Gasteiger partial charge in [0.2, 0.25) is 5.91 Å². The largest absolute Gasteiger partial charge is 0.368 e. The summed E-state index contributed by atoms with van der Waals surface area (Å²) in [6.07, 6.45) is 0. The van der Waals surface area contributed by atoms with Crippen LogP contribution in [0.4, 0.5) is 0 Å². The number of hydrogen-bond acceptors (Lipinski definition) is 4. The lowest BCUT2D eigenvalue weighted by Gasteiger charge is -2.17. The predicted molar refractivity (Wildman–Crippen MR) is 102 cm³/mol. The molecule has 0 radical (unpaired) electrons. The summed E-state index contributed by atoms with van der Waals surface area (Å²) in [5.74, 6) is -0.342. The maximum Gasteiger partial charge on any atom is 0.233 e. The summed E-state index contributed by atoms with van der Waals surface area (Å²) in [7, 11) is 0. The Morgan fingerprint density at radius 3 is 2.08 bits per heavy atom. The molecule has 0 spiro atoms. The van der Waals surface area contributed by atoms with Crippen LogP contribution < -0.4 is 5.73 Å². The number of nitrogens with zero attached hydrogens (tertiary/aromatic N) is 1. The average Bonchev–Trinajstić information content (AvgIpc) is 2.99. The van der Waals surface area contributed by atoms with Crippen molar-refractivity contribution < 1.29 is 4.79 Å². The number of nitrogens with two attached hydrogens (primary N) is 1. The first-order valence-electron chi connectivity index (χ1n) is 7.58. The molecule has 3 aromatic rings. The zero-order valence-electron chi connectivity index (χ0n) is 13.5.